The fourth-order valence-electron chi connectivity index (χ4n) is 0.824. The fourth-order valence-corrected chi connectivity index (χ4v) is 1.96. The van der Waals surface area contributed by atoms with Crippen LogP contribution in [0.4, 0.5) is 8.78 Å². The lowest BCUT2D eigenvalue weighted by Crippen LogP contribution is -2.38. The summed E-state index contributed by atoms with van der Waals surface area (Å²) in [7, 11) is 0. The summed E-state index contributed by atoms with van der Waals surface area (Å²) in [5.74, 6) is -1.12. The first-order valence-corrected chi connectivity index (χ1v) is 4.52. The van der Waals surface area contributed by atoms with Crippen LogP contribution < -0.4 is 0 Å². The highest BCUT2D eigenvalue weighted by atomic mass is 35.5. The van der Waals surface area contributed by atoms with Gasteiger partial charge in [0.2, 0.25) is 0 Å². The van der Waals surface area contributed by atoms with Crippen molar-refractivity contribution in [2.75, 3.05) is 5.75 Å². The smallest absolute Gasteiger partial charge is 0.287 e. The van der Waals surface area contributed by atoms with Gasteiger partial charge in [0.05, 0.1) is 0 Å². The number of hydrogen-bond donors (Lipinski definition) is 0. The quantitative estimate of drug-likeness (QED) is 0.637. The lowest BCUT2D eigenvalue weighted by molar-refractivity contribution is -0.119. The Morgan fingerprint density at radius 3 is 2.45 bits per heavy atom. The summed E-state index contributed by atoms with van der Waals surface area (Å²) in [5, 5.41) is -3.42. The van der Waals surface area contributed by atoms with E-state index in [1.54, 1.807) is 0 Å². The van der Waals surface area contributed by atoms with E-state index in [4.69, 9.17) is 11.6 Å². The average molecular weight is 201 g/mol. The van der Waals surface area contributed by atoms with Gasteiger partial charge in [-0.2, -0.15) is 8.78 Å². The number of carbonyl (C=O) groups is 1. The van der Waals surface area contributed by atoms with Gasteiger partial charge in [-0.25, -0.2) is 0 Å². The minimum Gasteiger partial charge on any atom is -0.287 e. The Morgan fingerprint density at radius 2 is 2.36 bits per heavy atom. The molecule has 0 aromatic heterocycles. The van der Waals surface area contributed by atoms with Crippen LogP contribution in [0, 0.1) is 11.8 Å². The molecule has 1 aliphatic rings. The maximum Gasteiger partial charge on any atom is 0.324 e. The van der Waals surface area contributed by atoms with Gasteiger partial charge in [0.25, 0.3) is 0 Å². The molecule has 0 bridgehead atoms. The number of rotatable bonds is 2. The lowest BCUT2D eigenvalue weighted by atomic mass is 9.97. The molecule has 0 N–H and O–H groups in total. The molecule has 1 fully saturated rings. The van der Waals surface area contributed by atoms with Crippen LogP contribution in [0.5, 0.6) is 0 Å². The molecule has 2 unspecified atom stereocenters. The Morgan fingerprint density at radius 1 is 1.82 bits per heavy atom. The van der Waals surface area contributed by atoms with E-state index in [-0.39, 0.29) is 5.12 Å². The highest BCUT2D eigenvalue weighted by molar-refractivity contribution is 8.15. The number of alkyl halides is 3. The number of carbonyl (C=O) groups excluding carboxylic acids is 1. The van der Waals surface area contributed by atoms with Crippen LogP contribution in [-0.4, -0.2) is 16.2 Å². The molecule has 11 heavy (non-hydrogen) atoms. The van der Waals surface area contributed by atoms with Crippen LogP contribution in [0.15, 0.2) is 0 Å². The summed E-state index contributed by atoms with van der Waals surface area (Å²) in [4.78, 5) is 10.7. The Labute approximate surface area is 72.5 Å². The van der Waals surface area contributed by atoms with E-state index in [9.17, 15) is 13.6 Å². The van der Waals surface area contributed by atoms with Crippen LogP contribution >= 0.6 is 23.4 Å². The molecule has 0 amide bonds. The van der Waals surface area contributed by atoms with Crippen molar-refractivity contribution in [2.45, 2.75) is 12.3 Å². The first-order chi connectivity index (χ1) is 4.93. The minimum atomic E-state index is -3.25. The predicted molar refractivity (Wildman–Crippen MR) is 40.9 cm³/mol. The summed E-state index contributed by atoms with van der Waals surface area (Å²) in [5.41, 5.74) is 0. The van der Waals surface area contributed by atoms with E-state index in [1.807, 2.05) is 0 Å². The third-order valence-electron chi connectivity index (χ3n) is 1.83. The molecule has 1 rings (SSSR count). The maximum atomic E-state index is 12.4. The highest BCUT2D eigenvalue weighted by Crippen LogP contribution is 2.42. The summed E-state index contributed by atoms with van der Waals surface area (Å²) in [6.07, 6.45) is 0. The molecular weight excluding hydrogens is 194 g/mol. The number of hydrogen-bond acceptors (Lipinski definition) is 2. The summed E-state index contributed by atoms with van der Waals surface area (Å²) in [6.45, 7) is 1.30. The Balaban J connectivity index is 2.54. The van der Waals surface area contributed by atoms with Crippen molar-refractivity contribution < 1.29 is 13.6 Å². The first kappa shape index (κ1) is 9.26. The normalized spacial score (nSPS) is 28.0. The van der Waals surface area contributed by atoms with E-state index >= 15 is 0 Å². The molecule has 1 nitrogen and oxygen atoms in total. The van der Waals surface area contributed by atoms with Gasteiger partial charge in [0, 0.05) is 17.6 Å². The van der Waals surface area contributed by atoms with Gasteiger partial charge in [-0.05, 0) is 11.6 Å². The van der Waals surface area contributed by atoms with Crippen LogP contribution in [0.3, 0.4) is 0 Å². The highest BCUT2D eigenvalue weighted by Gasteiger charge is 2.46. The summed E-state index contributed by atoms with van der Waals surface area (Å²) < 4.78 is 24.7. The molecule has 5 heteroatoms. The largest absolute Gasteiger partial charge is 0.324 e. The fraction of sp³-hybridized carbons (Fsp3) is 0.833. The van der Waals surface area contributed by atoms with Gasteiger partial charge in [0.15, 0.2) is 5.12 Å². The van der Waals surface area contributed by atoms with Gasteiger partial charge < -0.3 is 0 Å². The zero-order valence-corrected chi connectivity index (χ0v) is 7.38. The van der Waals surface area contributed by atoms with E-state index in [0.717, 1.165) is 11.8 Å². The molecule has 1 saturated heterocycles. The molecule has 64 valence electrons. The van der Waals surface area contributed by atoms with Gasteiger partial charge in [-0.15, -0.1) is 0 Å². The SMILES string of the molecule is CC(C1CSC1=O)C(F)(F)Cl. The van der Waals surface area contributed by atoms with Crippen molar-refractivity contribution in [3.63, 3.8) is 0 Å². The second-order valence-electron chi connectivity index (χ2n) is 2.57. The van der Waals surface area contributed by atoms with E-state index in [0.29, 0.717) is 5.75 Å². The van der Waals surface area contributed by atoms with Crippen molar-refractivity contribution in [1.82, 2.24) is 0 Å². The van der Waals surface area contributed by atoms with Gasteiger partial charge in [-0.3, -0.25) is 4.79 Å². The average Bonchev–Trinajstić information content (AvgIpc) is 1.83. The molecule has 0 aliphatic carbocycles. The van der Waals surface area contributed by atoms with Crippen molar-refractivity contribution in [1.29, 1.82) is 0 Å². The first-order valence-electron chi connectivity index (χ1n) is 3.16. The number of halogens is 3. The second-order valence-corrected chi connectivity index (χ2v) is 4.10. The summed E-state index contributed by atoms with van der Waals surface area (Å²) in [6, 6.07) is 0. The van der Waals surface area contributed by atoms with Crippen molar-refractivity contribution in [3.8, 4) is 0 Å². The summed E-state index contributed by atoms with van der Waals surface area (Å²) >= 11 is 5.84. The zero-order valence-electron chi connectivity index (χ0n) is 5.81. The lowest BCUT2D eigenvalue weighted by Gasteiger charge is -2.30. The third kappa shape index (κ3) is 1.85. The van der Waals surface area contributed by atoms with Crippen LogP contribution in [0.1, 0.15) is 6.92 Å². The monoisotopic (exact) mass is 200 g/mol. The second kappa shape index (κ2) is 2.90. The predicted octanol–water partition coefficient (Wildman–Crippen LogP) is 2.34. The molecular formula is C6H7ClF2OS. The Hall–Kier alpha value is 0.170. The third-order valence-corrected chi connectivity index (χ3v) is 3.29. The molecule has 1 aliphatic heterocycles. The topological polar surface area (TPSA) is 17.1 Å². The van der Waals surface area contributed by atoms with Gasteiger partial charge in [-0.1, -0.05) is 18.7 Å². The van der Waals surface area contributed by atoms with Crippen LogP contribution in [-0.2, 0) is 4.79 Å². The number of thioether (sulfide) groups is 1. The van der Waals surface area contributed by atoms with Gasteiger partial charge in [0.1, 0.15) is 0 Å². The van der Waals surface area contributed by atoms with Crippen molar-refractivity contribution >= 4 is 28.5 Å². The minimum absolute atomic E-state index is 0.169. The standard InChI is InChI=1S/C6H7ClF2OS/c1-3(6(7,8)9)4-2-11-5(4)10/h3-4H,2H2,1H3. The Kier molecular flexibility index (Phi) is 2.44. The molecule has 0 saturated carbocycles. The Bertz CT molecular complexity index is 180. The van der Waals surface area contributed by atoms with E-state index in [1.165, 1.54) is 6.92 Å². The van der Waals surface area contributed by atoms with E-state index < -0.39 is 17.2 Å². The zero-order chi connectivity index (χ0) is 8.65. The van der Waals surface area contributed by atoms with Crippen LogP contribution in [0.25, 0.3) is 0 Å². The molecule has 0 aromatic carbocycles. The molecule has 0 aromatic rings. The van der Waals surface area contributed by atoms with Crippen molar-refractivity contribution in [3.05, 3.63) is 0 Å². The molecule has 0 spiro atoms. The van der Waals surface area contributed by atoms with E-state index in [2.05, 4.69) is 0 Å². The van der Waals surface area contributed by atoms with Crippen LogP contribution in [0.2, 0.25) is 0 Å². The van der Waals surface area contributed by atoms with Gasteiger partial charge >= 0.3 is 5.38 Å². The molecule has 0 radical (unpaired) electrons. The maximum absolute atomic E-state index is 12.4. The molecule has 1 heterocycles. The van der Waals surface area contributed by atoms with Crippen molar-refractivity contribution in [2.24, 2.45) is 11.8 Å². The molecule has 2 atom stereocenters.